The van der Waals surface area contributed by atoms with Crippen LogP contribution in [0.1, 0.15) is 24.4 Å². The molecule has 19 heavy (non-hydrogen) atoms. The molecule has 0 spiro atoms. The highest BCUT2D eigenvalue weighted by Gasteiger charge is 2.30. The minimum absolute atomic E-state index is 0.435. The van der Waals surface area contributed by atoms with Crippen LogP contribution in [0.5, 0.6) is 5.75 Å². The molecule has 1 aromatic carbocycles. The van der Waals surface area contributed by atoms with Crippen LogP contribution in [0, 0.1) is 5.92 Å². The van der Waals surface area contributed by atoms with Gasteiger partial charge in [0.25, 0.3) is 0 Å². The number of benzene rings is 1. The standard InChI is InChI=1S/C15H23ClN2O/c1-17-10-12-5-4-8-18(2)15(12)11-6-7-14(19-3)13(16)9-11/h6-7,9,12,15,17H,4-5,8,10H2,1-3H3. The van der Waals surface area contributed by atoms with Gasteiger partial charge in [-0.2, -0.15) is 0 Å². The Bertz CT molecular complexity index is 423. The van der Waals surface area contributed by atoms with Crippen molar-refractivity contribution in [1.29, 1.82) is 0 Å². The van der Waals surface area contributed by atoms with E-state index >= 15 is 0 Å². The molecule has 1 N–H and O–H groups in total. The molecule has 1 aliphatic heterocycles. The van der Waals surface area contributed by atoms with Crippen LogP contribution < -0.4 is 10.1 Å². The minimum Gasteiger partial charge on any atom is -0.495 e. The Morgan fingerprint density at radius 1 is 1.47 bits per heavy atom. The van der Waals surface area contributed by atoms with E-state index in [4.69, 9.17) is 16.3 Å². The normalized spacial score (nSPS) is 24.4. The van der Waals surface area contributed by atoms with Gasteiger partial charge in [-0.25, -0.2) is 0 Å². The Balaban J connectivity index is 2.27. The zero-order chi connectivity index (χ0) is 13.8. The maximum Gasteiger partial charge on any atom is 0.137 e. The van der Waals surface area contributed by atoms with Crippen molar-refractivity contribution in [3.63, 3.8) is 0 Å². The molecule has 2 rings (SSSR count). The topological polar surface area (TPSA) is 24.5 Å². The number of hydrogen-bond donors (Lipinski definition) is 1. The van der Waals surface area contributed by atoms with Gasteiger partial charge in [-0.05, 0) is 63.6 Å². The molecule has 1 aromatic rings. The van der Waals surface area contributed by atoms with Crippen LogP contribution in [-0.2, 0) is 0 Å². The van der Waals surface area contributed by atoms with E-state index in [0.717, 1.165) is 18.8 Å². The van der Waals surface area contributed by atoms with Crippen molar-refractivity contribution < 1.29 is 4.74 Å². The molecule has 1 fully saturated rings. The highest BCUT2D eigenvalue weighted by molar-refractivity contribution is 6.32. The molecule has 0 aliphatic carbocycles. The Morgan fingerprint density at radius 3 is 2.89 bits per heavy atom. The number of ether oxygens (including phenoxy) is 1. The predicted molar refractivity (Wildman–Crippen MR) is 80.0 cm³/mol. The minimum atomic E-state index is 0.435. The lowest BCUT2D eigenvalue weighted by Gasteiger charge is -2.39. The molecule has 2 unspecified atom stereocenters. The highest BCUT2D eigenvalue weighted by Crippen LogP contribution is 2.37. The van der Waals surface area contributed by atoms with Crippen LogP contribution in [0.3, 0.4) is 0 Å². The largest absolute Gasteiger partial charge is 0.495 e. The molecule has 1 aliphatic rings. The molecular formula is C15H23ClN2O. The second-order valence-electron chi connectivity index (χ2n) is 5.28. The molecular weight excluding hydrogens is 260 g/mol. The van der Waals surface area contributed by atoms with Crippen LogP contribution in [-0.4, -0.2) is 39.2 Å². The van der Waals surface area contributed by atoms with Crippen molar-refractivity contribution in [2.75, 3.05) is 34.3 Å². The van der Waals surface area contributed by atoms with Crippen LogP contribution >= 0.6 is 11.6 Å². The maximum absolute atomic E-state index is 6.26. The van der Waals surface area contributed by atoms with Gasteiger partial charge in [0, 0.05) is 6.04 Å². The summed E-state index contributed by atoms with van der Waals surface area (Å²) in [5.41, 5.74) is 1.29. The number of halogens is 1. The van der Waals surface area contributed by atoms with Gasteiger partial charge < -0.3 is 10.1 Å². The quantitative estimate of drug-likeness (QED) is 0.919. The van der Waals surface area contributed by atoms with Crippen molar-refractivity contribution in [2.24, 2.45) is 5.92 Å². The van der Waals surface area contributed by atoms with E-state index in [-0.39, 0.29) is 0 Å². The predicted octanol–water partition coefficient (Wildman–Crippen LogP) is 2.95. The molecule has 0 saturated carbocycles. The third-order valence-electron chi connectivity index (χ3n) is 3.99. The lowest BCUT2D eigenvalue weighted by molar-refractivity contribution is 0.121. The first-order valence-electron chi connectivity index (χ1n) is 6.85. The van der Waals surface area contributed by atoms with E-state index in [1.807, 2.05) is 13.1 Å². The lowest BCUT2D eigenvalue weighted by Crippen LogP contribution is -2.39. The van der Waals surface area contributed by atoms with Gasteiger partial charge in [0.05, 0.1) is 12.1 Å². The number of hydrogen-bond acceptors (Lipinski definition) is 3. The average molecular weight is 283 g/mol. The molecule has 4 heteroatoms. The summed E-state index contributed by atoms with van der Waals surface area (Å²) in [4.78, 5) is 2.43. The van der Waals surface area contributed by atoms with E-state index in [0.29, 0.717) is 17.0 Å². The summed E-state index contributed by atoms with van der Waals surface area (Å²) < 4.78 is 5.23. The summed E-state index contributed by atoms with van der Waals surface area (Å²) in [6, 6.07) is 6.59. The molecule has 0 amide bonds. The molecule has 0 radical (unpaired) electrons. The number of likely N-dealkylation sites (tertiary alicyclic amines) is 1. The first-order chi connectivity index (χ1) is 9.17. The van der Waals surface area contributed by atoms with E-state index in [1.54, 1.807) is 7.11 Å². The van der Waals surface area contributed by atoms with Crippen molar-refractivity contribution in [3.8, 4) is 5.75 Å². The Morgan fingerprint density at radius 2 is 2.26 bits per heavy atom. The molecule has 1 heterocycles. The fourth-order valence-electron chi connectivity index (χ4n) is 3.13. The molecule has 1 saturated heterocycles. The number of piperidine rings is 1. The summed E-state index contributed by atoms with van der Waals surface area (Å²) in [6.07, 6.45) is 2.53. The van der Waals surface area contributed by atoms with Crippen LogP contribution in [0.4, 0.5) is 0 Å². The van der Waals surface area contributed by atoms with Gasteiger partial charge in [0.1, 0.15) is 5.75 Å². The van der Waals surface area contributed by atoms with Gasteiger partial charge >= 0.3 is 0 Å². The fourth-order valence-corrected chi connectivity index (χ4v) is 3.39. The molecule has 106 valence electrons. The second-order valence-corrected chi connectivity index (χ2v) is 5.69. The van der Waals surface area contributed by atoms with Crippen LogP contribution in [0.25, 0.3) is 0 Å². The smallest absolute Gasteiger partial charge is 0.137 e. The van der Waals surface area contributed by atoms with E-state index in [2.05, 4.69) is 29.4 Å². The van der Waals surface area contributed by atoms with Crippen molar-refractivity contribution in [3.05, 3.63) is 28.8 Å². The number of methoxy groups -OCH3 is 1. The first-order valence-corrected chi connectivity index (χ1v) is 7.23. The van der Waals surface area contributed by atoms with Gasteiger partial charge in [0.2, 0.25) is 0 Å². The van der Waals surface area contributed by atoms with Gasteiger partial charge in [-0.1, -0.05) is 17.7 Å². The van der Waals surface area contributed by atoms with Crippen LogP contribution in [0.2, 0.25) is 5.02 Å². The van der Waals surface area contributed by atoms with Gasteiger partial charge in [0.15, 0.2) is 0 Å². The first kappa shape index (κ1) is 14.6. The molecule has 2 atom stereocenters. The van der Waals surface area contributed by atoms with Crippen LogP contribution in [0.15, 0.2) is 18.2 Å². The number of rotatable bonds is 4. The zero-order valence-electron chi connectivity index (χ0n) is 11.9. The van der Waals surface area contributed by atoms with E-state index in [9.17, 15) is 0 Å². The summed E-state index contributed by atoms with van der Waals surface area (Å²) in [7, 11) is 5.87. The summed E-state index contributed by atoms with van der Waals surface area (Å²) >= 11 is 6.26. The Labute approximate surface area is 120 Å². The third kappa shape index (κ3) is 3.22. The highest BCUT2D eigenvalue weighted by atomic mass is 35.5. The van der Waals surface area contributed by atoms with Gasteiger partial charge in [-0.3, -0.25) is 4.90 Å². The lowest BCUT2D eigenvalue weighted by atomic mass is 9.85. The molecule has 3 nitrogen and oxygen atoms in total. The Hall–Kier alpha value is -0.770. The molecule has 0 aromatic heterocycles. The van der Waals surface area contributed by atoms with Crippen molar-refractivity contribution in [1.82, 2.24) is 10.2 Å². The van der Waals surface area contributed by atoms with Gasteiger partial charge in [-0.15, -0.1) is 0 Å². The molecule has 0 bridgehead atoms. The third-order valence-corrected chi connectivity index (χ3v) is 4.29. The summed E-state index contributed by atoms with van der Waals surface area (Å²) in [5.74, 6) is 1.38. The second kappa shape index (κ2) is 6.60. The van der Waals surface area contributed by atoms with E-state index < -0.39 is 0 Å². The average Bonchev–Trinajstić information content (AvgIpc) is 2.39. The summed E-state index contributed by atoms with van der Waals surface area (Å²) in [5, 5.41) is 4.01. The monoisotopic (exact) mass is 282 g/mol. The SMILES string of the molecule is CNCC1CCCN(C)C1c1ccc(OC)c(Cl)c1. The van der Waals surface area contributed by atoms with Crippen molar-refractivity contribution in [2.45, 2.75) is 18.9 Å². The number of nitrogens with one attached hydrogen (secondary N) is 1. The van der Waals surface area contributed by atoms with E-state index in [1.165, 1.54) is 18.4 Å². The number of nitrogens with zero attached hydrogens (tertiary/aromatic N) is 1. The maximum atomic E-state index is 6.26. The fraction of sp³-hybridized carbons (Fsp3) is 0.600. The Kier molecular flexibility index (Phi) is 5.08. The summed E-state index contributed by atoms with van der Waals surface area (Å²) in [6.45, 7) is 2.19. The van der Waals surface area contributed by atoms with Crippen molar-refractivity contribution >= 4 is 11.6 Å². The zero-order valence-corrected chi connectivity index (χ0v) is 12.7.